The summed E-state index contributed by atoms with van der Waals surface area (Å²) in [5, 5.41) is 2.51. The highest BCUT2D eigenvalue weighted by Gasteiger charge is 2.15. The summed E-state index contributed by atoms with van der Waals surface area (Å²) in [5.41, 5.74) is 5.92. The van der Waals surface area contributed by atoms with Crippen molar-refractivity contribution in [1.82, 2.24) is 5.32 Å². The molecule has 0 bridgehead atoms. The molecule has 0 aliphatic rings. The van der Waals surface area contributed by atoms with Crippen molar-refractivity contribution >= 4 is 23.2 Å². The van der Waals surface area contributed by atoms with Gasteiger partial charge >= 0.3 is 0 Å². The number of benzene rings is 1. The number of carbonyl (C=O) groups excluding carboxylic acids is 2. The predicted molar refractivity (Wildman–Crippen MR) is 75.8 cm³/mol. The first-order valence-electron chi connectivity index (χ1n) is 5.93. The number of carbonyl (C=O) groups is 2. The van der Waals surface area contributed by atoms with Gasteiger partial charge in [0.1, 0.15) is 11.9 Å². The molecule has 1 aromatic heterocycles. The second-order valence-electron chi connectivity index (χ2n) is 4.27. The molecule has 1 unspecified atom stereocenters. The molecule has 0 aliphatic carbocycles. The monoisotopic (exact) mass is 292 g/mol. The minimum atomic E-state index is -0.723. The lowest BCUT2D eigenvalue weighted by molar-refractivity contribution is -0.119. The molecule has 0 saturated carbocycles. The van der Waals surface area contributed by atoms with Crippen LogP contribution in [0, 0.1) is 5.82 Å². The predicted octanol–water partition coefficient (Wildman–Crippen LogP) is 2.16. The smallest absolute Gasteiger partial charge is 0.262 e. The summed E-state index contributed by atoms with van der Waals surface area (Å²) in [4.78, 5) is 24.1. The van der Waals surface area contributed by atoms with Gasteiger partial charge in [-0.3, -0.25) is 9.59 Å². The van der Waals surface area contributed by atoms with E-state index in [4.69, 9.17) is 5.73 Å². The summed E-state index contributed by atoms with van der Waals surface area (Å²) in [5.74, 6) is -1.25. The SMILES string of the molecule is CC(NC(=O)c1ccc(-c2ccc(F)cc2)s1)C(N)=O. The normalized spacial score (nSPS) is 11.9. The second kappa shape index (κ2) is 5.83. The third-order valence-electron chi connectivity index (χ3n) is 2.73. The molecule has 0 spiro atoms. The van der Waals surface area contributed by atoms with E-state index in [-0.39, 0.29) is 11.7 Å². The lowest BCUT2D eigenvalue weighted by Crippen LogP contribution is -2.41. The van der Waals surface area contributed by atoms with Gasteiger partial charge in [-0.25, -0.2) is 4.39 Å². The maximum atomic E-state index is 12.9. The molecular weight excluding hydrogens is 279 g/mol. The number of nitrogens with two attached hydrogens (primary N) is 1. The lowest BCUT2D eigenvalue weighted by Gasteiger charge is -2.08. The van der Waals surface area contributed by atoms with Gasteiger partial charge in [0.05, 0.1) is 4.88 Å². The van der Waals surface area contributed by atoms with Crippen LogP contribution in [0.3, 0.4) is 0 Å². The van der Waals surface area contributed by atoms with Crippen LogP contribution in [0.5, 0.6) is 0 Å². The first-order chi connectivity index (χ1) is 9.47. The Kier molecular flexibility index (Phi) is 4.14. The zero-order chi connectivity index (χ0) is 14.7. The van der Waals surface area contributed by atoms with Gasteiger partial charge in [-0.2, -0.15) is 0 Å². The van der Waals surface area contributed by atoms with Crippen molar-refractivity contribution in [3.63, 3.8) is 0 Å². The molecule has 2 rings (SSSR count). The van der Waals surface area contributed by atoms with E-state index in [0.29, 0.717) is 4.88 Å². The Morgan fingerprint density at radius 1 is 1.20 bits per heavy atom. The minimum Gasteiger partial charge on any atom is -0.368 e. The van der Waals surface area contributed by atoms with Crippen molar-refractivity contribution in [2.45, 2.75) is 13.0 Å². The maximum absolute atomic E-state index is 12.9. The third-order valence-corrected chi connectivity index (χ3v) is 3.87. The Balaban J connectivity index is 2.14. The first kappa shape index (κ1) is 14.2. The molecule has 2 aromatic rings. The number of halogens is 1. The first-order valence-corrected chi connectivity index (χ1v) is 6.75. The molecule has 104 valence electrons. The van der Waals surface area contributed by atoms with Crippen LogP contribution in [0.4, 0.5) is 4.39 Å². The van der Waals surface area contributed by atoms with Crippen molar-refractivity contribution < 1.29 is 14.0 Å². The highest BCUT2D eigenvalue weighted by Crippen LogP contribution is 2.28. The molecule has 0 fully saturated rings. The fourth-order valence-electron chi connectivity index (χ4n) is 1.57. The van der Waals surface area contributed by atoms with Crippen LogP contribution in [-0.4, -0.2) is 17.9 Å². The molecule has 0 saturated heterocycles. The summed E-state index contributed by atoms with van der Waals surface area (Å²) < 4.78 is 12.9. The van der Waals surface area contributed by atoms with E-state index in [1.165, 1.54) is 30.4 Å². The molecule has 0 radical (unpaired) electrons. The van der Waals surface area contributed by atoms with Gasteiger partial charge in [0.25, 0.3) is 5.91 Å². The van der Waals surface area contributed by atoms with Crippen LogP contribution in [0.1, 0.15) is 16.6 Å². The van der Waals surface area contributed by atoms with Crippen LogP contribution >= 0.6 is 11.3 Å². The number of rotatable bonds is 4. The molecule has 3 N–H and O–H groups in total. The topological polar surface area (TPSA) is 72.2 Å². The van der Waals surface area contributed by atoms with Gasteiger partial charge in [0.2, 0.25) is 5.91 Å². The van der Waals surface area contributed by atoms with Crippen molar-refractivity contribution in [3.8, 4) is 10.4 Å². The van der Waals surface area contributed by atoms with Crippen LogP contribution in [-0.2, 0) is 4.79 Å². The molecule has 6 heteroatoms. The van der Waals surface area contributed by atoms with E-state index < -0.39 is 11.9 Å². The molecule has 1 aromatic carbocycles. The van der Waals surface area contributed by atoms with Gasteiger partial charge in [-0.05, 0) is 36.8 Å². The number of amides is 2. The van der Waals surface area contributed by atoms with E-state index in [1.807, 2.05) is 0 Å². The van der Waals surface area contributed by atoms with Crippen LogP contribution in [0.2, 0.25) is 0 Å². The Morgan fingerprint density at radius 3 is 2.45 bits per heavy atom. The van der Waals surface area contributed by atoms with E-state index in [1.54, 1.807) is 24.3 Å². The Morgan fingerprint density at radius 2 is 1.85 bits per heavy atom. The van der Waals surface area contributed by atoms with Crippen LogP contribution in [0.15, 0.2) is 36.4 Å². The van der Waals surface area contributed by atoms with Gasteiger partial charge in [0, 0.05) is 4.88 Å². The highest BCUT2D eigenvalue weighted by molar-refractivity contribution is 7.17. The van der Waals surface area contributed by atoms with Gasteiger partial charge in [0.15, 0.2) is 0 Å². The Bertz CT molecular complexity index is 637. The number of primary amides is 1. The molecule has 1 heterocycles. The quantitative estimate of drug-likeness (QED) is 0.906. The van der Waals surface area contributed by atoms with Gasteiger partial charge in [-0.1, -0.05) is 12.1 Å². The zero-order valence-corrected chi connectivity index (χ0v) is 11.5. The fraction of sp³-hybridized carbons (Fsp3) is 0.143. The minimum absolute atomic E-state index is 0.307. The average molecular weight is 292 g/mol. The average Bonchev–Trinajstić information content (AvgIpc) is 2.89. The van der Waals surface area contributed by atoms with Crippen molar-refractivity contribution in [2.24, 2.45) is 5.73 Å². The summed E-state index contributed by atoms with van der Waals surface area (Å²) in [6, 6.07) is 8.74. The summed E-state index contributed by atoms with van der Waals surface area (Å²) in [7, 11) is 0. The van der Waals surface area contributed by atoms with Gasteiger partial charge < -0.3 is 11.1 Å². The van der Waals surface area contributed by atoms with E-state index >= 15 is 0 Å². The molecular formula is C14H13FN2O2S. The summed E-state index contributed by atoms with van der Waals surface area (Å²) in [6.07, 6.45) is 0. The van der Waals surface area contributed by atoms with Crippen LogP contribution < -0.4 is 11.1 Å². The molecule has 4 nitrogen and oxygen atoms in total. The van der Waals surface area contributed by atoms with Gasteiger partial charge in [-0.15, -0.1) is 11.3 Å². The fourth-order valence-corrected chi connectivity index (χ4v) is 2.48. The molecule has 2 amide bonds. The number of hydrogen-bond donors (Lipinski definition) is 2. The zero-order valence-electron chi connectivity index (χ0n) is 10.7. The number of nitrogens with one attached hydrogen (secondary N) is 1. The van der Waals surface area contributed by atoms with Crippen LogP contribution in [0.25, 0.3) is 10.4 Å². The molecule has 0 aliphatic heterocycles. The number of hydrogen-bond acceptors (Lipinski definition) is 3. The maximum Gasteiger partial charge on any atom is 0.262 e. The summed E-state index contributed by atoms with van der Waals surface area (Å²) in [6.45, 7) is 1.52. The largest absolute Gasteiger partial charge is 0.368 e. The van der Waals surface area contributed by atoms with E-state index in [2.05, 4.69) is 5.32 Å². The number of thiophene rings is 1. The summed E-state index contributed by atoms with van der Waals surface area (Å²) >= 11 is 1.27. The van der Waals surface area contributed by atoms with Crippen molar-refractivity contribution in [1.29, 1.82) is 0 Å². The molecule has 1 atom stereocenters. The lowest BCUT2D eigenvalue weighted by atomic mass is 10.2. The highest BCUT2D eigenvalue weighted by atomic mass is 32.1. The Hall–Kier alpha value is -2.21. The van der Waals surface area contributed by atoms with Crippen molar-refractivity contribution in [2.75, 3.05) is 0 Å². The van der Waals surface area contributed by atoms with E-state index in [0.717, 1.165) is 10.4 Å². The van der Waals surface area contributed by atoms with Crippen molar-refractivity contribution in [3.05, 3.63) is 47.1 Å². The Labute approximate surface area is 119 Å². The third kappa shape index (κ3) is 3.21. The standard InChI is InChI=1S/C14H13FN2O2S/c1-8(13(16)18)17-14(19)12-7-6-11(20-12)9-2-4-10(15)5-3-9/h2-8H,1H3,(H2,16,18)(H,17,19). The molecule has 20 heavy (non-hydrogen) atoms. The van der Waals surface area contributed by atoms with E-state index in [9.17, 15) is 14.0 Å². The second-order valence-corrected chi connectivity index (χ2v) is 5.35.